The number of nitrogens with zero attached hydrogens (tertiary/aromatic N) is 2. The summed E-state index contributed by atoms with van der Waals surface area (Å²) in [7, 11) is 0. The zero-order chi connectivity index (χ0) is 24.2. The van der Waals surface area contributed by atoms with Crippen LogP contribution in [0, 0.1) is 11.3 Å². The molecule has 0 spiro atoms. The van der Waals surface area contributed by atoms with Gasteiger partial charge in [0.2, 0.25) is 0 Å². The zero-order valence-corrected chi connectivity index (χ0v) is 21.3. The van der Waals surface area contributed by atoms with E-state index < -0.39 is 6.09 Å². The minimum atomic E-state index is -1.04. The Kier molecular flexibility index (Phi) is 6.06. The summed E-state index contributed by atoms with van der Waals surface area (Å²) in [6.45, 7) is 11.3. The summed E-state index contributed by atoms with van der Waals surface area (Å²) in [5.41, 5.74) is 4.24. The van der Waals surface area contributed by atoms with Gasteiger partial charge in [-0.1, -0.05) is 49.7 Å². The molecule has 0 N–H and O–H groups in total. The third-order valence-corrected chi connectivity index (χ3v) is 8.23. The van der Waals surface area contributed by atoms with E-state index >= 15 is 0 Å². The lowest BCUT2D eigenvalue weighted by molar-refractivity contribution is -0.276. The predicted octanol–water partition coefficient (Wildman–Crippen LogP) is 5.16. The Balaban J connectivity index is 1.50. The SMILES string of the molecule is CC(C)Oc1cc(-c2ccc3c(c2)CC(C)(C)[C@H]3N(C(=O)[O-])[C@@H]2CN3CCC2CC3)ccc1Cl. The lowest BCUT2D eigenvalue weighted by atomic mass is 9.79. The van der Waals surface area contributed by atoms with Crippen molar-refractivity contribution in [3.63, 3.8) is 0 Å². The molecule has 34 heavy (non-hydrogen) atoms. The predicted molar refractivity (Wildman–Crippen MR) is 133 cm³/mol. The van der Waals surface area contributed by atoms with Gasteiger partial charge in [-0.15, -0.1) is 0 Å². The molecule has 0 radical (unpaired) electrons. The Labute approximate surface area is 207 Å². The molecule has 6 rings (SSSR count). The van der Waals surface area contributed by atoms with Crippen LogP contribution in [0.1, 0.15) is 57.7 Å². The van der Waals surface area contributed by atoms with Crippen LogP contribution >= 0.6 is 11.6 Å². The second-order valence-corrected chi connectivity index (χ2v) is 11.6. The third-order valence-electron chi connectivity index (χ3n) is 7.92. The summed E-state index contributed by atoms with van der Waals surface area (Å²) < 4.78 is 5.88. The number of rotatable bonds is 5. The van der Waals surface area contributed by atoms with Crippen molar-refractivity contribution in [3.8, 4) is 16.9 Å². The normalized spacial score (nSPS) is 27.0. The molecule has 5 nitrogen and oxygen atoms in total. The number of ether oxygens (including phenoxy) is 1. The lowest BCUT2D eigenvalue weighted by Gasteiger charge is -2.53. The van der Waals surface area contributed by atoms with Gasteiger partial charge < -0.3 is 24.4 Å². The molecule has 0 saturated carbocycles. The van der Waals surface area contributed by atoms with E-state index in [9.17, 15) is 9.90 Å². The molecule has 0 unspecified atom stereocenters. The molecule has 2 aromatic carbocycles. The maximum absolute atomic E-state index is 12.6. The molecule has 2 aromatic rings. The molecule has 3 aliphatic heterocycles. The van der Waals surface area contributed by atoms with E-state index in [0.29, 0.717) is 16.7 Å². The molecule has 0 aromatic heterocycles. The van der Waals surface area contributed by atoms with Crippen LogP contribution in [-0.4, -0.2) is 47.7 Å². The van der Waals surface area contributed by atoms with Crippen LogP contribution in [0.15, 0.2) is 36.4 Å². The molecule has 1 aliphatic carbocycles. The van der Waals surface area contributed by atoms with Gasteiger partial charge in [-0.05, 0) is 91.9 Å². The molecule has 3 saturated heterocycles. The molecule has 3 heterocycles. The second-order valence-electron chi connectivity index (χ2n) is 11.2. The van der Waals surface area contributed by atoms with Crippen LogP contribution in [0.4, 0.5) is 4.79 Å². The fourth-order valence-corrected chi connectivity index (χ4v) is 6.61. The number of hydrogen-bond acceptors (Lipinski definition) is 4. The Bertz CT molecular complexity index is 1090. The number of piperidine rings is 3. The molecule has 3 fully saturated rings. The van der Waals surface area contributed by atoms with Crippen LogP contribution in [0.5, 0.6) is 5.75 Å². The minimum Gasteiger partial charge on any atom is -0.530 e. The number of halogens is 1. The highest BCUT2D eigenvalue weighted by molar-refractivity contribution is 6.32. The van der Waals surface area contributed by atoms with E-state index in [-0.39, 0.29) is 23.6 Å². The van der Waals surface area contributed by atoms with Gasteiger partial charge in [0.25, 0.3) is 0 Å². The Morgan fingerprint density at radius 1 is 1.15 bits per heavy atom. The summed E-state index contributed by atoms with van der Waals surface area (Å²) in [5.74, 6) is 1.11. The van der Waals surface area contributed by atoms with E-state index in [1.54, 1.807) is 4.90 Å². The molecule has 182 valence electrons. The van der Waals surface area contributed by atoms with E-state index in [2.05, 4.69) is 36.9 Å². The summed E-state index contributed by atoms with van der Waals surface area (Å²) in [5, 5.41) is 13.2. The van der Waals surface area contributed by atoms with Crippen LogP contribution in [0.25, 0.3) is 11.1 Å². The van der Waals surface area contributed by atoms with Crippen LogP contribution in [-0.2, 0) is 6.42 Å². The fraction of sp³-hybridized carbons (Fsp3) is 0.536. The van der Waals surface area contributed by atoms with E-state index in [1.807, 2.05) is 32.0 Å². The van der Waals surface area contributed by atoms with Gasteiger partial charge in [0, 0.05) is 12.6 Å². The number of carboxylic acid groups (broad SMARTS) is 1. The summed E-state index contributed by atoms with van der Waals surface area (Å²) in [4.78, 5) is 16.7. The van der Waals surface area contributed by atoms with Crippen molar-refractivity contribution >= 4 is 17.7 Å². The second kappa shape index (κ2) is 8.76. The van der Waals surface area contributed by atoms with Crippen molar-refractivity contribution in [2.75, 3.05) is 19.6 Å². The maximum Gasteiger partial charge on any atom is 0.138 e. The summed E-state index contributed by atoms with van der Waals surface area (Å²) in [6.07, 6.45) is 1.97. The van der Waals surface area contributed by atoms with Gasteiger partial charge in [0.05, 0.1) is 17.2 Å². The average molecular weight is 482 g/mol. The van der Waals surface area contributed by atoms with Gasteiger partial charge in [-0.25, -0.2) is 0 Å². The van der Waals surface area contributed by atoms with Gasteiger partial charge in [0.15, 0.2) is 0 Å². The molecule has 6 heteroatoms. The topological polar surface area (TPSA) is 55.8 Å². The van der Waals surface area contributed by atoms with Crippen molar-refractivity contribution in [2.24, 2.45) is 11.3 Å². The zero-order valence-electron chi connectivity index (χ0n) is 20.5. The Morgan fingerprint density at radius 3 is 2.44 bits per heavy atom. The van der Waals surface area contributed by atoms with Crippen molar-refractivity contribution < 1.29 is 14.6 Å². The highest BCUT2D eigenvalue weighted by Crippen LogP contribution is 2.51. The Morgan fingerprint density at radius 2 is 1.82 bits per heavy atom. The standard InChI is InChI=1S/C28H35ClN2O3/c1-17(2)34-25-14-20(6-8-23(25)29)19-5-7-22-21(13-19)15-28(3,4)26(22)31(27(32)33)24-16-30-11-9-18(24)10-12-30/h5-8,13-14,17-18,24,26H,9-12,15-16H2,1-4H3,(H,32,33)/p-1/t24-,26+/m1/s1. The number of amides is 1. The minimum absolute atomic E-state index is 0.00871. The first-order chi connectivity index (χ1) is 16.1. The first-order valence-corrected chi connectivity index (χ1v) is 12.8. The van der Waals surface area contributed by atoms with Crippen molar-refractivity contribution in [1.82, 2.24) is 9.80 Å². The number of fused-ring (bicyclic) bond motifs is 4. The first kappa shape index (κ1) is 23.5. The van der Waals surface area contributed by atoms with Crippen molar-refractivity contribution in [2.45, 2.75) is 65.1 Å². The monoisotopic (exact) mass is 481 g/mol. The van der Waals surface area contributed by atoms with Gasteiger partial charge in [-0.2, -0.15) is 0 Å². The maximum atomic E-state index is 12.6. The van der Waals surface area contributed by atoms with E-state index in [0.717, 1.165) is 55.6 Å². The quantitative estimate of drug-likeness (QED) is 0.592. The third kappa shape index (κ3) is 4.18. The van der Waals surface area contributed by atoms with Crippen LogP contribution in [0.2, 0.25) is 5.02 Å². The summed E-state index contributed by atoms with van der Waals surface area (Å²) >= 11 is 6.35. The number of benzene rings is 2. The smallest absolute Gasteiger partial charge is 0.138 e. The van der Waals surface area contributed by atoms with Gasteiger partial charge >= 0.3 is 0 Å². The number of hydrogen-bond donors (Lipinski definition) is 0. The summed E-state index contributed by atoms with van der Waals surface area (Å²) in [6, 6.07) is 12.1. The van der Waals surface area contributed by atoms with Crippen LogP contribution < -0.4 is 9.84 Å². The van der Waals surface area contributed by atoms with Gasteiger partial charge in [0.1, 0.15) is 11.8 Å². The number of carbonyl (C=O) groups is 1. The first-order valence-electron chi connectivity index (χ1n) is 12.4. The van der Waals surface area contributed by atoms with Crippen molar-refractivity contribution in [3.05, 3.63) is 52.5 Å². The van der Waals surface area contributed by atoms with E-state index in [4.69, 9.17) is 16.3 Å². The van der Waals surface area contributed by atoms with Crippen LogP contribution in [0.3, 0.4) is 0 Å². The molecule has 1 amide bonds. The average Bonchev–Trinajstić information content (AvgIpc) is 3.05. The van der Waals surface area contributed by atoms with Crippen molar-refractivity contribution in [1.29, 1.82) is 0 Å². The molecule has 2 bridgehead atoms. The molecule has 4 aliphatic rings. The molecular weight excluding hydrogens is 448 g/mol. The highest BCUT2D eigenvalue weighted by atomic mass is 35.5. The largest absolute Gasteiger partial charge is 0.530 e. The molecule has 2 atom stereocenters. The lowest BCUT2D eigenvalue weighted by Crippen LogP contribution is -2.62. The molecular formula is C28H34ClN2O3-. The fourth-order valence-electron chi connectivity index (χ4n) is 6.45. The van der Waals surface area contributed by atoms with E-state index in [1.165, 1.54) is 5.56 Å². The Hall–Kier alpha value is -2.24. The van der Waals surface area contributed by atoms with Gasteiger partial charge in [-0.3, -0.25) is 0 Å². The number of carbonyl (C=O) groups excluding carboxylic acids is 1. The highest BCUT2D eigenvalue weighted by Gasteiger charge is 2.48.